The normalized spacial score (nSPS) is 10.4. The van der Waals surface area contributed by atoms with E-state index >= 15 is 0 Å². The Kier molecular flexibility index (Phi) is 4.46. The third kappa shape index (κ3) is 2.69. The highest BCUT2D eigenvalue weighted by molar-refractivity contribution is 5.75. The molecular formula is C18H20O2. The molecule has 0 unspecified atom stereocenters. The molecule has 20 heavy (non-hydrogen) atoms. The fourth-order valence-corrected chi connectivity index (χ4v) is 2.54. The number of benzene rings is 2. The molecule has 2 N–H and O–H groups in total. The second-order valence-electron chi connectivity index (χ2n) is 4.85. The largest absolute Gasteiger partial charge is 0.508 e. The van der Waals surface area contributed by atoms with E-state index in [4.69, 9.17) is 0 Å². The molecule has 2 heteroatoms. The Bertz CT molecular complexity index is 615. The van der Waals surface area contributed by atoms with Crippen LogP contribution in [0.15, 0.2) is 49.1 Å². The summed E-state index contributed by atoms with van der Waals surface area (Å²) in [6.07, 6.45) is 4.26. The molecule has 0 spiro atoms. The van der Waals surface area contributed by atoms with Crippen molar-refractivity contribution in [2.75, 3.05) is 0 Å². The van der Waals surface area contributed by atoms with Gasteiger partial charge in [0.15, 0.2) is 0 Å². The Balaban J connectivity index is 2.66. The van der Waals surface area contributed by atoms with E-state index in [1.807, 2.05) is 24.3 Å². The van der Waals surface area contributed by atoms with Crippen LogP contribution in [0.5, 0.6) is 11.5 Å². The summed E-state index contributed by atoms with van der Waals surface area (Å²) in [6, 6.07) is 10.9. The molecule has 2 nitrogen and oxygen atoms in total. The maximum Gasteiger partial charge on any atom is 0.123 e. The molecule has 0 saturated heterocycles. The molecule has 2 rings (SSSR count). The van der Waals surface area contributed by atoms with Crippen molar-refractivity contribution in [3.8, 4) is 22.6 Å². The monoisotopic (exact) mass is 268 g/mol. The van der Waals surface area contributed by atoms with Gasteiger partial charge in [-0.15, -0.1) is 6.58 Å². The van der Waals surface area contributed by atoms with Gasteiger partial charge in [-0.3, -0.25) is 0 Å². The lowest BCUT2D eigenvalue weighted by Gasteiger charge is -2.16. The quantitative estimate of drug-likeness (QED) is 0.787. The van der Waals surface area contributed by atoms with Crippen LogP contribution in [0, 0.1) is 0 Å². The Morgan fingerprint density at radius 2 is 1.70 bits per heavy atom. The topological polar surface area (TPSA) is 40.5 Å². The second-order valence-corrected chi connectivity index (χ2v) is 4.85. The molecule has 0 atom stereocenters. The molecule has 0 aliphatic rings. The maximum atomic E-state index is 10.1. The summed E-state index contributed by atoms with van der Waals surface area (Å²) in [5.74, 6) is 0.563. The van der Waals surface area contributed by atoms with Gasteiger partial charge in [-0.2, -0.15) is 0 Å². The first-order chi connectivity index (χ1) is 9.69. The van der Waals surface area contributed by atoms with Gasteiger partial charge < -0.3 is 10.2 Å². The van der Waals surface area contributed by atoms with Gasteiger partial charge >= 0.3 is 0 Å². The first-order valence-electron chi connectivity index (χ1n) is 6.92. The molecule has 0 fully saturated rings. The maximum absolute atomic E-state index is 10.1. The number of para-hydroxylation sites is 1. The van der Waals surface area contributed by atoms with E-state index in [0.29, 0.717) is 12.2 Å². The van der Waals surface area contributed by atoms with E-state index in [0.717, 1.165) is 35.1 Å². The first-order valence-corrected chi connectivity index (χ1v) is 6.92. The highest BCUT2D eigenvalue weighted by Crippen LogP contribution is 2.37. The number of allylic oxidation sites excluding steroid dienone is 1. The van der Waals surface area contributed by atoms with Crippen molar-refractivity contribution in [1.29, 1.82) is 0 Å². The molecule has 0 heterocycles. The van der Waals surface area contributed by atoms with Gasteiger partial charge in [0, 0.05) is 11.1 Å². The molecule has 2 aromatic rings. The fourth-order valence-electron chi connectivity index (χ4n) is 2.54. The van der Waals surface area contributed by atoms with Crippen LogP contribution >= 0.6 is 0 Å². The van der Waals surface area contributed by atoms with E-state index in [1.54, 1.807) is 18.2 Å². The second kappa shape index (κ2) is 6.29. The molecule has 2 aromatic carbocycles. The molecule has 0 aliphatic heterocycles. The molecular weight excluding hydrogens is 248 g/mol. The molecule has 0 aliphatic carbocycles. The van der Waals surface area contributed by atoms with Crippen LogP contribution in [0.3, 0.4) is 0 Å². The Morgan fingerprint density at radius 3 is 2.35 bits per heavy atom. The van der Waals surface area contributed by atoms with Gasteiger partial charge in [0.25, 0.3) is 0 Å². The SMILES string of the molecule is C=CCc1c(O)ccc(-c2ccccc2O)c1CCC. The van der Waals surface area contributed by atoms with E-state index in [2.05, 4.69) is 13.5 Å². The van der Waals surface area contributed by atoms with Crippen LogP contribution in [0.2, 0.25) is 0 Å². The Labute approximate surface area is 120 Å². The van der Waals surface area contributed by atoms with E-state index in [-0.39, 0.29) is 5.75 Å². The van der Waals surface area contributed by atoms with Gasteiger partial charge in [-0.05, 0) is 36.1 Å². The minimum atomic E-state index is 0.264. The van der Waals surface area contributed by atoms with Crippen LogP contribution in [0.1, 0.15) is 24.5 Å². The molecule has 0 amide bonds. The minimum Gasteiger partial charge on any atom is -0.508 e. The van der Waals surface area contributed by atoms with Crippen LogP contribution in [0.4, 0.5) is 0 Å². The Morgan fingerprint density at radius 1 is 0.950 bits per heavy atom. The van der Waals surface area contributed by atoms with Gasteiger partial charge in [-0.25, -0.2) is 0 Å². The summed E-state index contributed by atoms with van der Waals surface area (Å²) in [4.78, 5) is 0. The van der Waals surface area contributed by atoms with Crippen molar-refractivity contribution >= 4 is 0 Å². The fraction of sp³-hybridized carbons (Fsp3) is 0.222. The summed E-state index contributed by atoms with van der Waals surface area (Å²) in [6.45, 7) is 5.87. The van der Waals surface area contributed by atoms with Crippen molar-refractivity contribution in [3.63, 3.8) is 0 Å². The van der Waals surface area contributed by atoms with Crippen LogP contribution in [-0.4, -0.2) is 10.2 Å². The molecule has 0 bridgehead atoms. The highest BCUT2D eigenvalue weighted by atomic mass is 16.3. The van der Waals surface area contributed by atoms with Gasteiger partial charge in [0.2, 0.25) is 0 Å². The predicted molar refractivity (Wildman–Crippen MR) is 83.1 cm³/mol. The third-order valence-electron chi connectivity index (χ3n) is 3.45. The number of phenolic OH excluding ortho intramolecular Hbond substituents is 2. The summed E-state index contributed by atoms with van der Waals surface area (Å²) >= 11 is 0. The number of rotatable bonds is 5. The lowest BCUT2D eigenvalue weighted by Crippen LogP contribution is -1.98. The van der Waals surface area contributed by atoms with Crippen LogP contribution in [0.25, 0.3) is 11.1 Å². The number of hydrogen-bond donors (Lipinski definition) is 2. The molecule has 0 saturated carbocycles. The average molecular weight is 268 g/mol. The molecule has 0 radical (unpaired) electrons. The highest BCUT2D eigenvalue weighted by Gasteiger charge is 2.14. The van der Waals surface area contributed by atoms with Crippen LogP contribution in [-0.2, 0) is 12.8 Å². The molecule has 104 valence electrons. The van der Waals surface area contributed by atoms with Crippen molar-refractivity contribution in [2.24, 2.45) is 0 Å². The van der Waals surface area contributed by atoms with E-state index in [9.17, 15) is 10.2 Å². The van der Waals surface area contributed by atoms with Crippen molar-refractivity contribution in [2.45, 2.75) is 26.2 Å². The molecule has 0 aromatic heterocycles. The van der Waals surface area contributed by atoms with Gasteiger partial charge in [0.05, 0.1) is 0 Å². The van der Waals surface area contributed by atoms with Gasteiger partial charge in [-0.1, -0.05) is 43.7 Å². The van der Waals surface area contributed by atoms with E-state index in [1.165, 1.54) is 0 Å². The van der Waals surface area contributed by atoms with Gasteiger partial charge in [0.1, 0.15) is 11.5 Å². The summed E-state index contributed by atoms with van der Waals surface area (Å²) in [7, 11) is 0. The summed E-state index contributed by atoms with van der Waals surface area (Å²) in [5.41, 5.74) is 3.79. The van der Waals surface area contributed by atoms with Crippen LogP contribution < -0.4 is 0 Å². The lowest BCUT2D eigenvalue weighted by atomic mass is 9.90. The van der Waals surface area contributed by atoms with Crippen molar-refractivity contribution in [1.82, 2.24) is 0 Å². The first kappa shape index (κ1) is 14.2. The average Bonchev–Trinajstić information content (AvgIpc) is 2.44. The third-order valence-corrected chi connectivity index (χ3v) is 3.45. The summed E-state index contributed by atoms with van der Waals surface area (Å²) < 4.78 is 0. The van der Waals surface area contributed by atoms with E-state index < -0.39 is 0 Å². The predicted octanol–water partition coefficient (Wildman–Crippen LogP) is 4.45. The number of hydrogen-bond acceptors (Lipinski definition) is 2. The lowest BCUT2D eigenvalue weighted by molar-refractivity contribution is 0.468. The number of aromatic hydroxyl groups is 2. The zero-order chi connectivity index (χ0) is 14.5. The summed E-state index contributed by atoms with van der Waals surface area (Å²) in [5, 5.41) is 20.1. The Hall–Kier alpha value is -2.22. The van der Waals surface area contributed by atoms with Crippen molar-refractivity contribution < 1.29 is 10.2 Å². The van der Waals surface area contributed by atoms with Crippen molar-refractivity contribution in [3.05, 3.63) is 60.2 Å². The standard InChI is InChI=1S/C18H20O2/c1-3-7-13-14(16-9-5-6-10-17(16)19)11-12-18(20)15(13)8-4-2/h4-6,9-12,19-20H,2-3,7-8H2,1H3. The minimum absolute atomic E-state index is 0.264. The zero-order valence-corrected chi connectivity index (χ0v) is 11.8. The smallest absolute Gasteiger partial charge is 0.123 e. The zero-order valence-electron chi connectivity index (χ0n) is 11.8. The number of phenols is 2.